The minimum Gasteiger partial charge on any atom is -0.505 e. The third-order valence-corrected chi connectivity index (χ3v) is 2.02. The molecule has 0 saturated carbocycles. The molecule has 3 N–H and O–H groups in total. The molecule has 14 heavy (non-hydrogen) atoms. The van der Waals surface area contributed by atoms with Gasteiger partial charge >= 0.3 is 0 Å². The van der Waals surface area contributed by atoms with Gasteiger partial charge in [-0.25, -0.2) is 13.8 Å². The van der Waals surface area contributed by atoms with Crippen LogP contribution < -0.4 is 5.73 Å². The zero-order valence-electron chi connectivity index (χ0n) is 6.67. The summed E-state index contributed by atoms with van der Waals surface area (Å²) in [5.74, 6) is -1.63. The first-order valence-corrected chi connectivity index (χ1v) is 4.20. The standard InChI is InChI=1S/C7H5BrF2N2O2/c8-5-4(13)2(6(9)10)1-3(12-5)7(11)14/h1,6,13H,(H2,11,14). The number of aromatic hydroxyl groups is 1. The number of pyridine rings is 1. The summed E-state index contributed by atoms with van der Waals surface area (Å²) in [7, 11) is 0. The van der Waals surface area contributed by atoms with Crippen molar-refractivity contribution in [3.05, 3.63) is 21.9 Å². The smallest absolute Gasteiger partial charge is 0.267 e. The van der Waals surface area contributed by atoms with Gasteiger partial charge in [0.25, 0.3) is 12.3 Å². The van der Waals surface area contributed by atoms with E-state index in [1.54, 1.807) is 0 Å². The number of alkyl halides is 2. The summed E-state index contributed by atoms with van der Waals surface area (Å²) in [5.41, 5.74) is 3.84. The summed E-state index contributed by atoms with van der Waals surface area (Å²) in [5, 5.41) is 9.13. The van der Waals surface area contributed by atoms with Gasteiger partial charge in [0.2, 0.25) is 0 Å². The van der Waals surface area contributed by atoms with Crippen molar-refractivity contribution in [2.24, 2.45) is 5.73 Å². The van der Waals surface area contributed by atoms with E-state index in [4.69, 9.17) is 10.8 Å². The Balaban J connectivity index is 3.35. The van der Waals surface area contributed by atoms with Gasteiger partial charge in [-0.05, 0) is 22.0 Å². The van der Waals surface area contributed by atoms with E-state index >= 15 is 0 Å². The van der Waals surface area contributed by atoms with Crippen molar-refractivity contribution < 1.29 is 18.7 Å². The predicted molar refractivity (Wildman–Crippen MR) is 47.1 cm³/mol. The van der Waals surface area contributed by atoms with Crippen LogP contribution in [0.3, 0.4) is 0 Å². The zero-order chi connectivity index (χ0) is 10.9. The molecule has 0 spiro atoms. The van der Waals surface area contributed by atoms with Crippen LogP contribution >= 0.6 is 15.9 Å². The Labute approximate surface area is 85.9 Å². The molecule has 0 radical (unpaired) electrons. The highest BCUT2D eigenvalue weighted by Gasteiger charge is 2.19. The number of aromatic nitrogens is 1. The Bertz CT molecular complexity index is 384. The molecule has 0 aliphatic heterocycles. The summed E-state index contributed by atoms with van der Waals surface area (Å²) in [6.45, 7) is 0. The minimum atomic E-state index is -2.90. The van der Waals surface area contributed by atoms with Gasteiger partial charge in [0.1, 0.15) is 10.3 Å². The fraction of sp³-hybridized carbons (Fsp3) is 0.143. The molecule has 0 saturated heterocycles. The molecular weight excluding hydrogens is 262 g/mol. The second-order valence-corrected chi connectivity index (χ2v) is 3.15. The first kappa shape index (κ1) is 10.8. The van der Waals surface area contributed by atoms with Crippen molar-refractivity contribution in [2.75, 3.05) is 0 Å². The quantitative estimate of drug-likeness (QED) is 0.799. The van der Waals surface area contributed by atoms with E-state index in [1.165, 1.54) is 0 Å². The van der Waals surface area contributed by atoms with E-state index < -0.39 is 23.6 Å². The van der Waals surface area contributed by atoms with Crippen molar-refractivity contribution in [1.82, 2.24) is 4.98 Å². The highest BCUT2D eigenvalue weighted by atomic mass is 79.9. The molecule has 1 heterocycles. The van der Waals surface area contributed by atoms with Crippen molar-refractivity contribution in [1.29, 1.82) is 0 Å². The summed E-state index contributed by atoms with van der Waals surface area (Å²) in [6.07, 6.45) is -2.90. The normalized spacial score (nSPS) is 10.6. The Morgan fingerprint density at radius 3 is 2.64 bits per heavy atom. The summed E-state index contributed by atoms with van der Waals surface area (Å²) in [6, 6.07) is 0.757. The third kappa shape index (κ3) is 1.98. The minimum absolute atomic E-state index is 0.232. The average molecular weight is 267 g/mol. The van der Waals surface area contributed by atoms with E-state index in [0.717, 1.165) is 6.07 Å². The highest BCUT2D eigenvalue weighted by Crippen LogP contribution is 2.33. The Morgan fingerprint density at radius 1 is 1.64 bits per heavy atom. The van der Waals surface area contributed by atoms with Gasteiger partial charge in [0.15, 0.2) is 5.75 Å². The lowest BCUT2D eigenvalue weighted by molar-refractivity contribution is 0.0994. The summed E-state index contributed by atoms with van der Waals surface area (Å²) < 4.78 is 24.3. The van der Waals surface area contributed by atoms with Gasteiger partial charge in [-0.2, -0.15) is 0 Å². The molecule has 0 aromatic carbocycles. The number of amides is 1. The first-order valence-electron chi connectivity index (χ1n) is 3.41. The largest absolute Gasteiger partial charge is 0.505 e. The molecule has 1 aromatic rings. The Hall–Kier alpha value is -1.24. The maximum absolute atomic E-state index is 12.3. The number of rotatable bonds is 2. The van der Waals surface area contributed by atoms with Crippen molar-refractivity contribution >= 4 is 21.8 Å². The number of hydrogen-bond acceptors (Lipinski definition) is 3. The van der Waals surface area contributed by atoms with E-state index in [1.807, 2.05) is 0 Å². The van der Waals surface area contributed by atoms with E-state index in [9.17, 15) is 13.6 Å². The van der Waals surface area contributed by atoms with Crippen molar-refractivity contribution in [3.63, 3.8) is 0 Å². The van der Waals surface area contributed by atoms with Gasteiger partial charge in [0.05, 0.1) is 5.56 Å². The molecule has 4 nitrogen and oxygen atoms in total. The van der Waals surface area contributed by atoms with Crippen LogP contribution in [0, 0.1) is 0 Å². The number of nitrogens with zero attached hydrogens (tertiary/aromatic N) is 1. The molecule has 0 unspecified atom stereocenters. The molecule has 0 bridgehead atoms. The van der Waals surface area contributed by atoms with Gasteiger partial charge in [-0.3, -0.25) is 4.79 Å². The predicted octanol–water partition coefficient (Wildman–Crippen LogP) is 1.59. The van der Waals surface area contributed by atoms with Gasteiger partial charge in [-0.15, -0.1) is 0 Å². The topological polar surface area (TPSA) is 76.2 Å². The van der Waals surface area contributed by atoms with Crippen LogP contribution in [-0.4, -0.2) is 16.0 Å². The fourth-order valence-corrected chi connectivity index (χ4v) is 1.24. The van der Waals surface area contributed by atoms with Crippen LogP contribution in [0.5, 0.6) is 5.75 Å². The molecule has 0 aliphatic rings. The fourth-order valence-electron chi connectivity index (χ4n) is 0.818. The molecule has 1 rings (SSSR count). The van der Waals surface area contributed by atoms with E-state index in [0.29, 0.717) is 0 Å². The Kier molecular flexibility index (Phi) is 3.00. The Morgan fingerprint density at radius 2 is 2.21 bits per heavy atom. The molecule has 0 fully saturated rings. The molecule has 0 atom stereocenters. The van der Waals surface area contributed by atoms with Crippen LogP contribution in [-0.2, 0) is 0 Å². The molecule has 7 heteroatoms. The van der Waals surface area contributed by atoms with Gasteiger partial charge in [0, 0.05) is 0 Å². The van der Waals surface area contributed by atoms with Crippen LogP contribution in [0.25, 0.3) is 0 Å². The number of primary amides is 1. The molecule has 1 amide bonds. The second kappa shape index (κ2) is 3.87. The van der Waals surface area contributed by atoms with Crippen LogP contribution in [0.1, 0.15) is 22.5 Å². The number of carbonyl (C=O) groups excluding carboxylic acids is 1. The lowest BCUT2D eigenvalue weighted by Crippen LogP contribution is -2.13. The number of hydrogen-bond donors (Lipinski definition) is 2. The summed E-state index contributed by atoms with van der Waals surface area (Å²) >= 11 is 2.73. The maximum atomic E-state index is 12.3. The van der Waals surface area contributed by atoms with Gasteiger partial charge in [-0.1, -0.05) is 0 Å². The lowest BCUT2D eigenvalue weighted by atomic mass is 10.2. The average Bonchev–Trinajstić information content (AvgIpc) is 2.08. The molecular formula is C7H5BrF2N2O2. The summed E-state index contributed by atoms with van der Waals surface area (Å²) in [4.78, 5) is 14.1. The molecule has 76 valence electrons. The monoisotopic (exact) mass is 266 g/mol. The first-order chi connectivity index (χ1) is 6.43. The number of nitrogens with two attached hydrogens (primary N) is 1. The number of halogens is 3. The SMILES string of the molecule is NC(=O)c1cc(C(F)F)c(O)c(Br)n1. The maximum Gasteiger partial charge on any atom is 0.267 e. The van der Waals surface area contributed by atoms with Crippen LogP contribution in [0.15, 0.2) is 10.7 Å². The molecule has 0 aliphatic carbocycles. The van der Waals surface area contributed by atoms with Crippen molar-refractivity contribution in [3.8, 4) is 5.75 Å². The second-order valence-electron chi connectivity index (χ2n) is 2.40. The highest BCUT2D eigenvalue weighted by molar-refractivity contribution is 9.10. The van der Waals surface area contributed by atoms with E-state index in [-0.39, 0.29) is 10.3 Å². The van der Waals surface area contributed by atoms with Gasteiger partial charge < -0.3 is 10.8 Å². The van der Waals surface area contributed by atoms with Crippen LogP contribution in [0.2, 0.25) is 0 Å². The third-order valence-electron chi connectivity index (χ3n) is 1.47. The number of carbonyl (C=O) groups is 1. The molecule has 1 aromatic heterocycles. The van der Waals surface area contributed by atoms with Crippen molar-refractivity contribution in [2.45, 2.75) is 6.43 Å². The van der Waals surface area contributed by atoms with E-state index in [2.05, 4.69) is 20.9 Å². The lowest BCUT2D eigenvalue weighted by Gasteiger charge is -2.06. The van der Waals surface area contributed by atoms with Crippen LogP contribution in [0.4, 0.5) is 8.78 Å². The zero-order valence-corrected chi connectivity index (χ0v) is 8.25.